The largest absolute Gasteiger partial charge is 0.342 e. The molecule has 1 heterocycles. The Morgan fingerprint density at radius 1 is 1.37 bits per heavy atom. The smallest absolute Gasteiger partial charge is 0.248 e. The highest BCUT2D eigenvalue weighted by Crippen LogP contribution is 2.36. The minimum absolute atomic E-state index is 0.00137. The van der Waals surface area contributed by atoms with Crippen molar-refractivity contribution in [3.05, 3.63) is 0 Å². The zero-order valence-electron chi connectivity index (χ0n) is 12.4. The van der Waals surface area contributed by atoms with E-state index in [-0.39, 0.29) is 11.8 Å². The van der Waals surface area contributed by atoms with E-state index in [9.17, 15) is 9.59 Å². The third-order valence-corrected chi connectivity index (χ3v) is 4.65. The lowest BCUT2D eigenvalue weighted by atomic mass is 9.95. The molecule has 2 atom stereocenters. The summed E-state index contributed by atoms with van der Waals surface area (Å²) in [7, 11) is 0. The second-order valence-electron chi connectivity index (χ2n) is 6.22. The van der Waals surface area contributed by atoms with Gasteiger partial charge in [0.15, 0.2) is 0 Å². The zero-order chi connectivity index (χ0) is 14.0. The summed E-state index contributed by atoms with van der Waals surface area (Å²) in [6, 6.07) is 0.304. The molecule has 2 rings (SSSR count). The molecule has 1 saturated carbocycles. The first-order valence-corrected chi connectivity index (χ1v) is 7.62. The predicted octanol–water partition coefficient (Wildman–Crippen LogP) is 2.08. The third kappa shape index (κ3) is 3.10. The first-order chi connectivity index (χ1) is 9.00. The molecule has 0 spiro atoms. The van der Waals surface area contributed by atoms with Gasteiger partial charge in [-0.25, -0.2) is 0 Å². The molecule has 1 aliphatic carbocycles. The molecule has 4 heteroatoms. The summed E-state index contributed by atoms with van der Waals surface area (Å²) in [6.07, 6.45) is 5.78. The van der Waals surface area contributed by atoms with Crippen molar-refractivity contribution in [1.82, 2.24) is 10.2 Å². The van der Waals surface area contributed by atoms with Gasteiger partial charge in [-0.2, -0.15) is 0 Å². The summed E-state index contributed by atoms with van der Waals surface area (Å²) in [5, 5.41) is 2.90. The van der Waals surface area contributed by atoms with Gasteiger partial charge >= 0.3 is 0 Å². The molecule has 1 aliphatic heterocycles. The van der Waals surface area contributed by atoms with Crippen molar-refractivity contribution in [1.29, 1.82) is 0 Å². The van der Waals surface area contributed by atoms with Crippen LogP contribution in [0, 0.1) is 5.92 Å². The van der Waals surface area contributed by atoms with E-state index >= 15 is 0 Å². The molecule has 2 aliphatic rings. The molecule has 0 aromatic carbocycles. The predicted molar refractivity (Wildman–Crippen MR) is 74.6 cm³/mol. The van der Waals surface area contributed by atoms with Crippen molar-refractivity contribution in [3.8, 4) is 0 Å². The summed E-state index contributed by atoms with van der Waals surface area (Å²) in [6.45, 7) is 6.54. The Labute approximate surface area is 115 Å². The van der Waals surface area contributed by atoms with Crippen molar-refractivity contribution < 1.29 is 9.59 Å². The molecule has 0 aromatic rings. The van der Waals surface area contributed by atoms with Gasteiger partial charge in [0.1, 0.15) is 5.54 Å². The minimum atomic E-state index is -0.718. The van der Waals surface area contributed by atoms with E-state index in [1.807, 2.05) is 18.7 Å². The van der Waals surface area contributed by atoms with Crippen molar-refractivity contribution in [2.75, 3.05) is 6.54 Å². The molecule has 1 saturated heterocycles. The Balaban J connectivity index is 2.16. The number of nitrogens with zero attached hydrogens (tertiary/aromatic N) is 1. The highest BCUT2D eigenvalue weighted by molar-refractivity contribution is 5.93. The second kappa shape index (κ2) is 5.51. The number of amides is 2. The van der Waals surface area contributed by atoms with E-state index < -0.39 is 5.54 Å². The molecule has 108 valence electrons. The standard InChI is InChI=1S/C15H26N2O2/c1-4-12(10-11-6-7-11)17-9-8-13(18)16-15(3,5-2)14(17)19/h11-12H,4-10H2,1-3H3,(H,16,18). The minimum Gasteiger partial charge on any atom is -0.342 e. The number of hydrogen-bond donors (Lipinski definition) is 1. The first kappa shape index (κ1) is 14.4. The van der Waals surface area contributed by atoms with Gasteiger partial charge in [-0.05, 0) is 32.1 Å². The number of rotatable bonds is 5. The number of nitrogens with one attached hydrogen (secondary N) is 1. The van der Waals surface area contributed by atoms with Crippen LogP contribution < -0.4 is 5.32 Å². The Bertz CT molecular complexity index is 365. The highest BCUT2D eigenvalue weighted by Gasteiger charge is 2.42. The number of hydrogen-bond acceptors (Lipinski definition) is 2. The van der Waals surface area contributed by atoms with Crippen LogP contribution in [-0.4, -0.2) is 34.8 Å². The van der Waals surface area contributed by atoms with Crippen molar-refractivity contribution in [2.45, 2.75) is 70.9 Å². The maximum absolute atomic E-state index is 12.8. The summed E-state index contributed by atoms with van der Waals surface area (Å²) in [5.41, 5.74) is -0.718. The lowest BCUT2D eigenvalue weighted by Gasteiger charge is -2.36. The maximum atomic E-state index is 12.8. The van der Waals surface area contributed by atoms with E-state index in [4.69, 9.17) is 0 Å². The van der Waals surface area contributed by atoms with Crippen LogP contribution in [0.2, 0.25) is 0 Å². The van der Waals surface area contributed by atoms with Gasteiger partial charge in [0.25, 0.3) is 0 Å². The molecule has 0 radical (unpaired) electrons. The molecule has 4 nitrogen and oxygen atoms in total. The van der Waals surface area contributed by atoms with Gasteiger partial charge in [-0.15, -0.1) is 0 Å². The van der Waals surface area contributed by atoms with Gasteiger partial charge in [0, 0.05) is 19.0 Å². The van der Waals surface area contributed by atoms with Crippen LogP contribution in [0.25, 0.3) is 0 Å². The van der Waals surface area contributed by atoms with Gasteiger partial charge < -0.3 is 10.2 Å². The SMILES string of the molecule is CCC(CC1CC1)N1CCC(=O)NC(C)(CC)C1=O. The number of carbonyl (C=O) groups is 2. The molecule has 1 N–H and O–H groups in total. The van der Waals surface area contributed by atoms with E-state index in [2.05, 4.69) is 12.2 Å². The van der Waals surface area contributed by atoms with Crippen LogP contribution in [0.5, 0.6) is 0 Å². The normalized spacial score (nSPS) is 29.9. The van der Waals surface area contributed by atoms with Gasteiger partial charge in [0.05, 0.1) is 0 Å². The zero-order valence-corrected chi connectivity index (χ0v) is 12.4. The molecular weight excluding hydrogens is 240 g/mol. The van der Waals surface area contributed by atoms with E-state index in [1.54, 1.807) is 0 Å². The highest BCUT2D eigenvalue weighted by atomic mass is 16.2. The second-order valence-corrected chi connectivity index (χ2v) is 6.22. The summed E-state index contributed by atoms with van der Waals surface area (Å²) in [5.74, 6) is 0.910. The average molecular weight is 266 g/mol. The van der Waals surface area contributed by atoms with E-state index in [0.717, 1.165) is 18.8 Å². The lowest BCUT2D eigenvalue weighted by Crippen LogP contribution is -2.56. The average Bonchev–Trinajstić information content (AvgIpc) is 3.20. The molecule has 2 unspecified atom stereocenters. The molecule has 19 heavy (non-hydrogen) atoms. The number of carbonyl (C=O) groups excluding carboxylic acids is 2. The fraction of sp³-hybridized carbons (Fsp3) is 0.867. The Morgan fingerprint density at radius 3 is 2.58 bits per heavy atom. The summed E-state index contributed by atoms with van der Waals surface area (Å²) in [4.78, 5) is 26.5. The topological polar surface area (TPSA) is 49.4 Å². The van der Waals surface area contributed by atoms with E-state index in [1.165, 1.54) is 12.8 Å². The maximum Gasteiger partial charge on any atom is 0.248 e. The monoisotopic (exact) mass is 266 g/mol. The molecule has 2 amide bonds. The van der Waals surface area contributed by atoms with E-state index in [0.29, 0.717) is 25.4 Å². The van der Waals surface area contributed by atoms with Crippen molar-refractivity contribution in [3.63, 3.8) is 0 Å². The molecule has 0 bridgehead atoms. The van der Waals surface area contributed by atoms with Gasteiger partial charge in [-0.1, -0.05) is 26.7 Å². The van der Waals surface area contributed by atoms with Crippen LogP contribution in [0.15, 0.2) is 0 Å². The fourth-order valence-corrected chi connectivity index (χ4v) is 2.90. The summed E-state index contributed by atoms with van der Waals surface area (Å²) >= 11 is 0. The van der Waals surface area contributed by atoms with Crippen molar-refractivity contribution in [2.24, 2.45) is 5.92 Å². The Morgan fingerprint density at radius 2 is 2.05 bits per heavy atom. The van der Waals surface area contributed by atoms with Crippen LogP contribution in [-0.2, 0) is 9.59 Å². The molecule has 2 fully saturated rings. The molecule has 0 aromatic heterocycles. The van der Waals surface area contributed by atoms with Crippen LogP contribution in [0.3, 0.4) is 0 Å². The first-order valence-electron chi connectivity index (χ1n) is 7.62. The third-order valence-electron chi connectivity index (χ3n) is 4.65. The Kier molecular flexibility index (Phi) is 4.16. The quantitative estimate of drug-likeness (QED) is 0.828. The van der Waals surface area contributed by atoms with Crippen LogP contribution >= 0.6 is 0 Å². The Hall–Kier alpha value is -1.06. The molecular formula is C15H26N2O2. The fourth-order valence-electron chi connectivity index (χ4n) is 2.90. The summed E-state index contributed by atoms with van der Waals surface area (Å²) < 4.78 is 0. The van der Waals surface area contributed by atoms with Crippen LogP contribution in [0.4, 0.5) is 0 Å². The lowest BCUT2D eigenvalue weighted by molar-refractivity contribution is -0.140. The van der Waals surface area contributed by atoms with Gasteiger partial charge in [0.2, 0.25) is 11.8 Å². The van der Waals surface area contributed by atoms with Crippen LogP contribution in [0.1, 0.15) is 59.3 Å². The van der Waals surface area contributed by atoms with Gasteiger partial charge in [-0.3, -0.25) is 9.59 Å². The van der Waals surface area contributed by atoms with Crippen molar-refractivity contribution >= 4 is 11.8 Å².